The molecule has 0 spiro atoms. The maximum Gasteiger partial charge on any atom is 0.129 e. The second-order valence-corrected chi connectivity index (χ2v) is 6.13. The Morgan fingerprint density at radius 3 is 2.67 bits per heavy atom. The molecule has 21 heavy (non-hydrogen) atoms. The summed E-state index contributed by atoms with van der Waals surface area (Å²) < 4.78 is 0. The van der Waals surface area contributed by atoms with Crippen molar-refractivity contribution in [2.45, 2.75) is 13.3 Å². The number of hydrogen-bond donors (Lipinski definition) is 0. The van der Waals surface area contributed by atoms with Crippen molar-refractivity contribution in [3.05, 3.63) is 34.5 Å². The summed E-state index contributed by atoms with van der Waals surface area (Å²) in [7, 11) is 2.16. The van der Waals surface area contributed by atoms with Crippen LogP contribution in [0.5, 0.6) is 0 Å². The van der Waals surface area contributed by atoms with Crippen molar-refractivity contribution in [3.63, 3.8) is 0 Å². The molecular weight excluding hydrogens is 284 g/mol. The van der Waals surface area contributed by atoms with Crippen LogP contribution in [-0.4, -0.2) is 55.4 Å². The Labute approximate surface area is 131 Å². The number of likely N-dealkylation sites (N-methyl/N-ethyl adjacent to an activating group) is 1. The third-order valence-electron chi connectivity index (χ3n) is 4.15. The zero-order valence-electron chi connectivity index (χ0n) is 12.6. The monoisotopic (exact) mass is 304 g/mol. The predicted molar refractivity (Wildman–Crippen MR) is 88.7 cm³/mol. The molecule has 3 heterocycles. The zero-order chi connectivity index (χ0) is 14.8. The van der Waals surface area contributed by atoms with Crippen molar-refractivity contribution in [1.82, 2.24) is 9.88 Å². The van der Waals surface area contributed by atoms with Crippen molar-refractivity contribution in [2.75, 3.05) is 44.7 Å². The minimum atomic E-state index is 0.682. The molecule has 0 aromatic carbocycles. The topological polar surface area (TPSA) is 31.7 Å². The van der Waals surface area contributed by atoms with Crippen LogP contribution < -0.4 is 4.90 Å². The van der Waals surface area contributed by atoms with Crippen molar-refractivity contribution in [1.29, 1.82) is 0 Å². The van der Waals surface area contributed by atoms with Crippen molar-refractivity contribution in [3.8, 4) is 0 Å². The number of aromatic nitrogens is 1. The summed E-state index contributed by atoms with van der Waals surface area (Å²) in [5.74, 6) is 1.00. The van der Waals surface area contributed by atoms with Gasteiger partial charge in [-0.3, -0.25) is 4.99 Å². The number of dihydropyridines is 1. The second kappa shape index (κ2) is 6.16. The van der Waals surface area contributed by atoms with Crippen LogP contribution in [0.3, 0.4) is 0 Å². The number of hydrogen-bond acceptors (Lipinski definition) is 4. The van der Waals surface area contributed by atoms with Gasteiger partial charge in [-0.25, -0.2) is 4.98 Å². The van der Waals surface area contributed by atoms with Crippen LogP contribution in [0.2, 0.25) is 5.02 Å². The molecule has 0 radical (unpaired) electrons. The average Bonchev–Trinajstić information content (AvgIpc) is 2.50. The summed E-state index contributed by atoms with van der Waals surface area (Å²) >= 11 is 6.36. The standard InChI is InChI=1S/C16H21ClN4/c1-12-4-3-5-18-16(12)13-10-15(19-11-14(13)17)21-8-6-20(2)7-9-21/h4,10-11H,3,5-9H2,1-2H3. The Hall–Kier alpha value is -1.39. The number of nitrogens with zero attached hydrogens (tertiary/aromatic N) is 4. The van der Waals surface area contributed by atoms with Gasteiger partial charge in [0, 0.05) is 44.5 Å². The highest BCUT2D eigenvalue weighted by Crippen LogP contribution is 2.25. The van der Waals surface area contributed by atoms with Crippen LogP contribution in [0, 0.1) is 0 Å². The first-order valence-electron chi connectivity index (χ1n) is 7.46. The zero-order valence-corrected chi connectivity index (χ0v) is 13.4. The van der Waals surface area contributed by atoms with E-state index >= 15 is 0 Å². The predicted octanol–water partition coefficient (Wildman–Crippen LogP) is 2.63. The Morgan fingerprint density at radius 2 is 1.95 bits per heavy atom. The van der Waals surface area contributed by atoms with Gasteiger partial charge in [-0.15, -0.1) is 0 Å². The van der Waals surface area contributed by atoms with Gasteiger partial charge in [0.1, 0.15) is 5.82 Å². The molecule has 3 rings (SSSR count). The summed E-state index contributed by atoms with van der Waals surface area (Å²) in [4.78, 5) is 13.8. The molecule has 0 N–H and O–H groups in total. The number of anilines is 1. The number of rotatable bonds is 2. The number of aliphatic imine (C=N–C) groups is 1. The first kappa shape index (κ1) is 14.5. The number of piperazine rings is 1. The average molecular weight is 305 g/mol. The molecule has 2 aliphatic rings. The minimum absolute atomic E-state index is 0.682. The Morgan fingerprint density at radius 1 is 1.19 bits per heavy atom. The molecule has 4 nitrogen and oxygen atoms in total. The van der Waals surface area contributed by atoms with Crippen LogP contribution in [0.25, 0.3) is 0 Å². The van der Waals surface area contributed by atoms with Crippen LogP contribution >= 0.6 is 11.6 Å². The highest BCUT2D eigenvalue weighted by atomic mass is 35.5. The normalized spacial score (nSPS) is 20.2. The van der Waals surface area contributed by atoms with Crippen LogP contribution in [0.1, 0.15) is 18.9 Å². The Bertz CT molecular complexity index is 586. The lowest BCUT2D eigenvalue weighted by atomic mass is 10.0. The minimum Gasteiger partial charge on any atom is -0.354 e. The first-order chi connectivity index (χ1) is 10.1. The molecular formula is C16H21ClN4. The molecule has 1 aromatic heterocycles. The van der Waals surface area contributed by atoms with Crippen LogP contribution in [0.4, 0.5) is 5.82 Å². The molecule has 112 valence electrons. The van der Waals surface area contributed by atoms with E-state index in [2.05, 4.69) is 45.9 Å². The van der Waals surface area contributed by atoms with E-state index in [0.717, 1.165) is 56.2 Å². The van der Waals surface area contributed by atoms with Crippen molar-refractivity contribution >= 4 is 23.1 Å². The van der Waals surface area contributed by atoms with Gasteiger partial charge >= 0.3 is 0 Å². The number of allylic oxidation sites excluding steroid dienone is 1. The van der Waals surface area contributed by atoms with Crippen LogP contribution in [-0.2, 0) is 0 Å². The lowest BCUT2D eigenvalue weighted by Gasteiger charge is -2.33. The molecule has 0 bridgehead atoms. The second-order valence-electron chi connectivity index (χ2n) is 5.72. The van der Waals surface area contributed by atoms with E-state index in [9.17, 15) is 0 Å². The molecule has 2 aliphatic heterocycles. The summed E-state index contributed by atoms with van der Waals surface area (Å²) in [5.41, 5.74) is 3.23. The highest BCUT2D eigenvalue weighted by Gasteiger charge is 2.19. The van der Waals surface area contributed by atoms with E-state index in [-0.39, 0.29) is 0 Å². The fraction of sp³-hybridized carbons (Fsp3) is 0.500. The van der Waals surface area contributed by atoms with E-state index < -0.39 is 0 Å². The molecule has 0 saturated carbocycles. The maximum atomic E-state index is 6.36. The van der Waals surface area contributed by atoms with Crippen molar-refractivity contribution < 1.29 is 0 Å². The summed E-state index contributed by atoms with van der Waals surface area (Å²) in [5, 5.41) is 0.682. The van der Waals surface area contributed by atoms with Gasteiger partial charge in [0.25, 0.3) is 0 Å². The molecule has 1 saturated heterocycles. The first-order valence-corrected chi connectivity index (χ1v) is 7.84. The van der Waals surface area contributed by atoms with Crippen LogP contribution in [0.15, 0.2) is 28.9 Å². The van der Waals surface area contributed by atoms with E-state index in [0.29, 0.717) is 5.02 Å². The van der Waals surface area contributed by atoms with Gasteiger partial charge in [0.05, 0.1) is 10.7 Å². The molecule has 1 fully saturated rings. The largest absolute Gasteiger partial charge is 0.354 e. The third-order valence-corrected chi connectivity index (χ3v) is 4.45. The molecule has 0 unspecified atom stereocenters. The molecule has 0 aliphatic carbocycles. The summed E-state index contributed by atoms with van der Waals surface area (Å²) in [6.45, 7) is 7.09. The van der Waals surface area contributed by atoms with E-state index in [4.69, 9.17) is 11.6 Å². The lowest BCUT2D eigenvalue weighted by molar-refractivity contribution is 0.312. The number of pyridine rings is 1. The molecule has 1 aromatic rings. The maximum absolute atomic E-state index is 6.36. The van der Waals surface area contributed by atoms with E-state index in [1.807, 2.05) is 0 Å². The number of halogens is 1. The van der Waals surface area contributed by atoms with Crippen molar-refractivity contribution in [2.24, 2.45) is 4.99 Å². The van der Waals surface area contributed by atoms with Gasteiger partial charge in [-0.1, -0.05) is 17.7 Å². The third kappa shape index (κ3) is 3.11. The van der Waals surface area contributed by atoms with Gasteiger partial charge in [0.2, 0.25) is 0 Å². The smallest absolute Gasteiger partial charge is 0.129 e. The van der Waals surface area contributed by atoms with E-state index in [1.54, 1.807) is 6.20 Å². The lowest BCUT2D eigenvalue weighted by Crippen LogP contribution is -2.44. The van der Waals surface area contributed by atoms with E-state index in [1.165, 1.54) is 5.57 Å². The van der Waals surface area contributed by atoms with Gasteiger partial charge in [-0.2, -0.15) is 0 Å². The van der Waals surface area contributed by atoms with Gasteiger partial charge in [-0.05, 0) is 32.0 Å². The summed E-state index contributed by atoms with van der Waals surface area (Å²) in [6, 6.07) is 2.09. The fourth-order valence-electron chi connectivity index (χ4n) is 2.79. The molecule has 0 atom stereocenters. The summed E-state index contributed by atoms with van der Waals surface area (Å²) in [6.07, 6.45) is 5.01. The van der Waals surface area contributed by atoms with Gasteiger partial charge < -0.3 is 9.80 Å². The Balaban J connectivity index is 1.90. The highest BCUT2D eigenvalue weighted by molar-refractivity contribution is 6.35. The quantitative estimate of drug-likeness (QED) is 0.842. The SMILES string of the molecule is CC1=CCCN=C1c1cc(N2CCN(C)CC2)ncc1Cl. The Kier molecular flexibility index (Phi) is 4.27. The molecule has 0 amide bonds. The molecule has 5 heteroatoms. The fourth-order valence-corrected chi connectivity index (χ4v) is 2.99. The van der Waals surface area contributed by atoms with Gasteiger partial charge in [0.15, 0.2) is 0 Å².